The molecule has 2 amide bonds. The van der Waals surface area contributed by atoms with Crippen molar-refractivity contribution in [3.63, 3.8) is 0 Å². The zero-order valence-electron chi connectivity index (χ0n) is 14.3. The van der Waals surface area contributed by atoms with Gasteiger partial charge in [-0.15, -0.1) is 0 Å². The fourth-order valence-electron chi connectivity index (χ4n) is 2.98. The number of amides is 2. The number of carbonyl (C=O) groups is 1. The van der Waals surface area contributed by atoms with Crippen molar-refractivity contribution >= 4 is 11.7 Å². The van der Waals surface area contributed by atoms with Crippen LogP contribution in [0, 0.1) is 0 Å². The highest BCUT2D eigenvalue weighted by Crippen LogP contribution is 2.23. The molecule has 1 aliphatic rings. The predicted molar refractivity (Wildman–Crippen MR) is 95.6 cm³/mol. The van der Waals surface area contributed by atoms with Gasteiger partial charge in [0.1, 0.15) is 0 Å². The van der Waals surface area contributed by atoms with Gasteiger partial charge in [-0.2, -0.15) is 0 Å². The molecule has 132 valence electrons. The molecular weight excluding hydrogens is 318 g/mol. The van der Waals surface area contributed by atoms with Crippen LogP contribution in [0.15, 0.2) is 48.7 Å². The maximum Gasteiger partial charge on any atom is 0.319 e. The summed E-state index contributed by atoms with van der Waals surface area (Å²) in [7, 11) is 1.55. The molecule has 1 aromatic carbocycles. The number of pyridine rings is 1. The smallest absolute Gasteiger partial charge is 0.319 e. The Balaban J connectivity index is 1.49. The molecule has 1 heterocycles. The predicted octanol–water partition coefficient (Wildman–Crippen LogP) is 3.35. The molecule has 2 N–H and O–H groups in total. The largest absolute Gasteiger partial charge is 0.481 e. The van der Waals surface area contributed by atoms with E-state index in [0.29, 0.717) is 18.2 Å². The van der Waals surface area contributed by atoms with Crippen molar-refractivity contribution in [3.8, 4) is 5.88 Å². The summed E-state index contributed by atoms with van der Waals surface area (Å²) in [6.45, 7) is 0.563. The number of carbonyl (C=O) groups excluding carboxylic acids is 1. The molecule has 0 radical (unpaired) electrons. The molecule has 2 atom stereocenters. The van der Waals surface area contributed by atoms with E-state index in [-0.39, 0.29) is 18.2 Å². The molecule has 0 bridgehead atoms. The monoisotopic (exact) mass is 341 g/mol. The van der Waals surface area contributed by atoms with Crippen molar-refractivity contribution in [1.29, 1.82) is 0 Å². The van der Waals surface area contributed by atoms with Crippen LogP contribution in [0.25, 0.3) is 0 Å². The van der Waals surface area contributed by atoms with E-state index in [1.807, 2.05) is 30.3 Å². The van der Waals surface area contributed by atoms with E-state index in [4.69, 9.17) is 9.47 Å². The molecule has 6 nitrogen and oxygen atoms in total. The van der Waals surface area contributed by atoms with Gasteiger partial charge in [-0.05, 0) is 30.9 Å². The van der Waals surface area contributed by atoms with Crippen LogP contribution < -0.4 is 15.4 Å². The van der Waals surface area contributed by atoms with E-state index >= 15 is 0 Å². The standard InChI is InChI=1S/C19H23N3O3/c1-24-18-11-10-15(12-20-18)21-19(23)22-16-8-5-9-17(16)25-13-14-6-3-2-4-7-14/h2-4,6-7,10-12,16-17H,5,8-9,13H2,1H3,(H2,21,22,23)/t16-,17-/m1/s1. The van der Waals surface area contributed by atoms with Gasteiger partial charge < -0.3 is 20.1 Å². The number of ether oxygens (including phenoxy) is 2. The molecular formula is C19H23N3O3. The molecule has 25 heavy (non-hydrogen) atoms. The molecule has 1 saturated carbocycles. The van der Waals surface area contributed by atoms with Crippen LogP contribution in [-0.4, -0.2) is 30.3 Å². The third-order valence-electron chi connectivity index (χ3n) is 4.28. The number of anilines is 1. The number of nitrogens with one attached hydrogen (secondary N) is 2. The van der Waals surface area contributed by atoms with Crippen molar-refractivity contribution in [2.45, 2.75) is 38.0 Å². The normalized spacial score (nSPS) is 19.4. The number of methoxy groups -OCH3 is 1. The average Bonchev–Trinajstić information content (AvgIpc) is 3.08. The van der Waals surface area contributed by atoms with Crippen LogP contribution in [0.2, 0.25) is 0 Å². The minimum absolute atomic E-state index is 0.0231. The summed E-state index contributed by atoms with van der Waals surface area (Å²) in [5.74, 6) is 0.510. The van der Waals surface area contributed by atoms with Gasteiger partial charge in [0.2, 0.25) is 5.88 Å². The van der Waals surface area contributed by atoms with Gasteiger partial charge in [-0.1, -0.05) is 30.3 Å². The fourth-order valence-corrected chi connectivity index (χ4v) is 2.98. The SMILES string of the molecule is COc1ccc(NC(=O)N[C@@H]2CCC[C@H]2OCc2ccccc2)cn1. The fraction of sp³-hybridized carbons (Fsp3) is 0.368. The number of nitrogens with zero attached hydrogens (tertiary/aromatic N) is 1. The highest BCUT2D eigenvalue weighted by atomic mass is 16.5. The topological polar surface area (TPSA) is 72.5 Å². The lowest BCUT2D eigenvalue weighted by molar-refractivity contribution is 0.0305. The van der Waals surface area contributed by atoms with Crippen LogP contribution in [0.1, 0.15) is 24.8 Å². The van der Waals surface area contributed by atoms with Crippen LogP contribution in [-0.2, 0) is 11.3 Å². The molecule has 3 rings (SSSR count). The maximum atomic E-state index is 12.2. The van der Waals surface area contributed by atoms with Crippen LogP contribution in [0.3, 0.4) is 0 Å². The van der Waals surface area contributed by atoms with Gasteiger partial charge in [0.05, 0.1) is 37.7 Å². The first-order valence-corrected chi connectivity index (χ1v) is 8.47. The van der Waals surface area contributed by atoms with E-state index < -0.39 is 0 Å². The summed E-state index contributed by atoms with van der Waals surface area (Å²) < 4.78 is 11.0. The second kappa shape index (κ2) is 8.48. The zero-order valence-corrected chi connectivity index (χ0v) is 14.3. The number of hydrogen-bond donors (Lipinski definition) is 2. The van der Waals surface area contributed by atoms with Gasteiger partial charge in [-0.3, -0.25) is 0 Å². The van der Waals surface area contributed by atoms with Crippen LogP contribution >= 0.6 is 0 Å². The highest BCUT2D eigenvalue weighted by Gasteiger charge is 2.29. The molecule has 0 unspecified atom stereocenters. The van der Waals surface area contributed by atoms with E-state index in [0.717, 1.165) is 24.8 Å². The first kappa shape index (κ1) is 17.2. The molecule has 0 spiro atoms. The third-order valence-corrected chi connectivity index (χ3v) is 4.28. The average molecular weight is 341 g/mol. The van der Waals surface area contributed by atoms with Gasteiger partial charge in [0.25, 0.3) is 0 Å². The lowest BCUT2D eigenvalue weighted by Gasteiger charge is -2.21. The molecule has 1 aromatic heterocycles. The number of rotatable bonds is 6. The Hall–Kier alpha value is -2.60. The second-order valence-electron chi connectivity index (χ2n) is 6.06. The number of aromatic nitrogens is 1. The van der Waals surface area contributed by atoms with Gasteiger partial charge in [-0.25, -0.2) is 9.78 Å². The van der Waals surface area contributed by atoms with Crippen molar-refractivity contribution in [2.24, 2.45) is 0 Å². The summed E-state index contributed by atoms with van der Waals surface area (Å²) in [5.41, 5.74) is 1.76. The first-order valence-electron chi connectivity index (χ1n) is 8.47. The van der Waals surface area contributed by atoms with Gasteiger partial charge in [0.15, 0.2) is 0 Å². The summed E-state index contributed by atoms with van der Waals surface area (Å²) in [6.07, 6.45) is 4.54. The molecule has 0 aliphatic heterocycles. The molecule has 6 heteroatoms. The lowest BCUT2D eigenvalue weighted by Crippen LogP contribution is -2.43. The third kappa shape index (κ3) is 4.93. The molecule has 1 fully saturated rings. The molecule has 2 aromatic rings. The van der Waals surface area contributed by atoms with E-state index in [9.17, 15) is 4.79 Å². The first-order chi connectivity index (χ1) is 12.2. The van der Waals surface area contributed by atoms with E-state index in [2.05, 4.69) is 15.6 Å². The van der Waals surface area contributed by atoms with Crippen LogP contribution in [0.4, 0.5) is 10.5 Å². The quantitative estimate of drug-likeness (QED) is 0.845. The number of benzene rings is 1. The Morgan fingerprint density at radius 3 is 2.76 bits per heavy atom. The van der Waals surface area contributed by atoms with Gasteiger partial charge in [0, 0.05) is 6.07 Å². The number of urea groups is 1. The van der Waals surface area contributed by atoms with Crippen molar-refractivity contribution in [3.05, 3.63) is 54.2 Å². The Kier molecular flexibility index (Phi) is 5.85. The molecule has 1 aliphatic carbocycles. The minimum atomic E-state index is -0.243. The van der Waals surface area contributed by atoms with Crippen molar-refractivity contribution in [2.75, 3.05) is 12.4 Å². The minimum Gasteiger partial charge on any atom is -0.481 e. The summed E-state index contributed by atoms with van der Waals surface area (Å²) >= 11 is 0. The Morgan fingerprint density at radius 1 is 1.20 bits per heavy atom. The van der Waals surface area contributed by atoms with E-state index in [1.165, 1.54) is 0 Å². The summed E-state index contributed by atoms with van der Waals surface area (Å²) in [6, 6.07) is 13.3. The number of hydrogen-bond acceptors (Lipinski definition) is 4. The Labute approximate surface area is 147 Å². The second-order valence-corrected chi connectivity index (χ2v) is 6.06. The van der Waals surface area contributed by atoms with Crippen LogP contribution in [0.5, 0.6) is 5.88 Å². The van der Waals surface area contributed by atoms with E-state index in [1.54, 1.807) is 25.4 Å². The lowest BCUT2D eigenvalue weighted by atomic mass is 10.2. The Morgan fingerprint density at radius 2 is 2.04 bits per heavy atom. The molecule has 0 saturated heterocycles. The van der Waals surface area contributed by atoms with Gasteiger partial charge >= 0.3 is 6.03 Å². The van der Waals surface area contributed by atoms with Crippen molar-refractivity contribution < 1.29 is 14.3 Å². The zero-order chi connectivity index (χ0) is 17.5. The maximum absolute atomic E-state index is 12.2. The Bertz CT molecular complexity index is 676. The van der Waals surface area contributed by atoms with Crippen molar-refractivity contribution in [1.82, 2.24) is 10.3 Å². The summed E-state index contributed by atoms with van der Waals surface area (Å²) in [5, 5.41) is 5.80. The highest BCUT2D eigenvalue weighted by molar-refractivity contribution is 5.89. The summed E-state index contributed by atoms with van der Waals surface area (Å²) in [4.78, 5) is 16.3.